The van der Waals surface area contributed by atoms with E-state index >= 15 is 0 Å². The predicted octanol–water partition coefficient (Wildman–Crippen LogP) is 0.759. The van der Waals surface area contributed by atoms with E-state index in [1.807, 2.05) is 0 Å². The minimum atomic E-state index is -0.650. The first-order valence-electron chi connectivity index (χ1n) is 5.88. The monoisotopic (exact) mass is 211 g/mol. The molecule has 84 valence electrons. The van der Waals surface area contributed by atoms with Crippen LogP contribution in [0.25, 0.3) is 0 Å². The van der Waals surface area contributed by atoms with Crippen molar-refractivity contribution >= 4 is 5.97 Å². The third-order valence-corrected chi connectivity index (χ3v) is 4.13. The van der Waals surface area contributed by atoms with E-state index in [2.05, 4.69) is 5.32 Å². The van der Waals surface area contributed by atoms with Gasteiger partial charge in [0.1, 0.15) is 0 Å². The average Bonchev–Trinajstić information content (AvgIpc) is 2.72. The van der Waals surface area contributed by atoms with Crippen molar-refractivity contribution in [3.05, 3.63) is 0 Å². The Kier molecular flexibility index (Phi) is 2.21. The summed E-state index contributed by atoms with van der Waals surface area (Å²) in [6, 6.07) is 0.603. The maximum atomic E-state index is 10.9. The van der Waals surface area contributed by atoms with Crippen molar-refractivity contribution in [1.82, 2.24) is 5.32 Å². The zero-order valence-electron chi connectivity index (χ0n) is 8.69. The normalized spacial score (nSPS) is 47.9. The van der Waals surface area contributed by atoms with E-state index in [1.165, 1.54) is 6.42 Å². The molecule has 3 aliphatic rings. The Morgan fingerprint density at radius 3 is 2.53 bits per heavy atom. The lowest BCUT2D eigenvalue weighted by atomic mass is 9.78. The Morgan fingerprint density at radius 2 is 2.07 bits per heavy atom. The molecule has 3 rings (SSSR count). The molecule has 1 aliphatic carbocycles. The minimum Gasteiger partial charge on any atom is -0.481 e. The molecule has 2 heterocycles. The summed E-state index contributed by atoms with van der Waals surface area (Å²) in [6.45, 7) is 0. The van der Waals surface area contributed by atoms with Gasteiger partial charge in [-0.25, -0.2) is 0 Å². The van der Waals surface area contributed by atoms with Crippen molar-refractivity contribution in [2.45, 2.75) is 56.4 Å². The first-order valence-corrected chi connectivity index (χ1v) is 5.88. The quantitative estimate of drug-likeness (QED) is 0.723. The zero-order chi connectivity index (χ0) is 10.4. The summed E-state index contributed by atoms with van der Waals surface area (Å²) in [5.41, 5.74) is 0. The van der Waals surface area contributed by atoms with Gasteiger partial charge in [0.2, 0.25) is 0 Å². The van der Waals surface area contributed by atoms with Gasteiger partial charge in [-0.2, -0.15) is 0 Å². The molecule has 0 amide bonds. The van der Waals surface area contributed by atoms with Crippen LogP contribution in [0.1, 0.15) is 32.1 Å². The number of fused-ring (bicyclic) bond motifs is 2. The van der Waals surface area contributed by atoms with Gasteiger partial charge in [-0.1, -0.05) is 0 Å². The Labute approximate surface area is 89.0 Å². The van der Waals surface area contributed by atoms with Gasteiger partial charge in [0.15, 0.2) is 0 Å². The van der Waals surface area contributed by atoms with Crippen LogP contribution in [0.5, 0.6) is 0 Å². The summed E-state index contributed by atoms with van der Waals surface area (Å²) in [6.07, 6.45) is 6.04. The van der Waals surface area contributed by atoms with E-state index < -0.39 is 5.97 Å². The van der Waals surface area contributed by atoms with Gasteiger partial charge in [-0.05, 0) is 32.1 Å². The molecule has 15 heavy (non-hydrogen) atoms. The first-order chi connectivity index (χ1) is 7.24. The molecule has 5 unspecified atom stereocenters. The van der Waals surface area contributed by atoms with Crippen molar-refractivity contribution in [3.8, 4) is 0 Å². The van der Waals surface area contributed by atoms with Crippen LogP contribution in [0.15, 0.2) is 0 Å². The van der Waals surface area contributed by atoms with E-state index in [9.17, 15) is 4.79 Å². The lowest BCUT2D eigenvalue weighted by Crippen LogP contribution is -2.53. The number of rotatable bonds is 3. The molecular weight excluding hydrogens is 194 g/mol. The highest BCUT2D eigenvalue weighted by Gasteiger charge is 2.44. The predicted molar refractivity (Wildman–Crippen MR) is 53.6 cm³/mol. The second-order valence-corrected chi connectivity index (χ2v) is 5.01. The third kappa shape index (κ3) is 1.56. The Bertz CT molecular complexity index is 281. The summed E-state index contributed by atoms with van der Waals surface area (Å²) in [5.74, 6) is -0.813. The summed E-state index contributed by atoms with van der Waals surface area (Å²) in [7, 11) is 0. The van der Waals surface area contributed by atoms with Crippen LogP contribution in [0, 0.1) is 5.92 Å². The Hall–Kier alpha value is -0.610. The number of carboxylic acids is 1. The topological polar surface area (TPSA) is 58.6 Å². The average molecular weight is 211 g/mol. The van der Waals surface area contributed by atoms with Gasteiger partial charge in [-0.15, -0.1) is 0 Å². The van der Waals surface area contributed by atoms with Gasteiger partial charge in [0.25, 0.3) is 0 Å². The van der Waals surface area contributed by atoms with E-state index in [4.69, 9.17) is 9.84 Å². The number of hydrogen-bond donors (Lipinski definition) is 2. The maximum absolute atomic E-state index is 10.9. The summed E-state index contributed by atoms with van der Waals surface area (Å²) < 4.78 is 5.74. The highest BCUT2D eigenvalue weighted by molar-refractivity contribution is 5.72. The number of carbonyl (C=O) groups is 1. The molecule has 0 aromatic rings. The van der Waals surface area contributed by atoms with Crippen LogP contribution in [0.2, 0.25) is 0 Å². The van der Waals surface area contributed by atoms with Crippen LogP contribution < -0.4 is 5.32 Å². The SMILES string of the molecule is O=C(O)C1CCC1NC1CC2CCC1O2. The Balaban J connectivity index is 1.56. The van der Waals surface area contributed by atoms with Crippen LogP contribution >= 0.6 is 0 Å². The molecule has 2 N–H and O–H groups in total. The molecule has 0 aromatic carbocycles. The molecule has 2 bridgehead atoms. The van der Waals surface area contributed by atoms with E-state index in [1.54, 1.807) is 0 Å². The molecule has 2 aliphatic heterocycles. The van der Waals surface area contributed by atoms with Crippen LogP contribution in [0.4, 0.5) is 0 Å². The zero-order valence-corrected chi connectivity index (χ0v) is 8.69. The lowest BCUT2D eigenvalue weighted by molar-refractivity contribution is -0.146. The Morgan fingerprint density at radius 1 is 1.20 bits per heavy atom. The van der Waals surface area contributed by atoms with Crippen molar-refractivity contribution in [2.24, 2.45) is 5.92 Å². The highest BCUT2D eigenvalue weighted by atomic mass is 16.5. The highest BCUT2D eigenvalue weighted by Crippen LogP contribution is 2.36. The fraction of sp³-hybridized carbons (Fsp3) is 0.909. The van der Waals surface area contributed by atoms with Gasteiger partial charge < -0.3 is 15.2 Å². The van der Waals surface area contributed by atoms with Crippen LogP contribution in [-0.4, -0.2) is 35.4 Å². The van der Waals surface area contributed by atoms with Crippen molar-refractivity contribution in [3.63, 3.8) is 0 Å². The number of aliphatic carboxylic acids is 1. The molecule has 2 saturated heterocycles. The number of ether oxygens (including phenoxy) is 1. The van der Waals surface area contributed by atoms with E-state index in [0.717, 1.165) is 25.7 Å². The van der Waals surface area contributed by atoms with Crippen LogP contribution in [0.3, 0.4) is 0 Å². The molecule has 1 saturated carbocycles. The van der Waals surface area contributed by atoms with Gasteiger partial charge in [0, 0.05) is 12.1 Å². The second-order valence-electron chi connectivity index (χ2n) is 5.01. The van der Waals surface area contributed by atoms with E-state index in [-0.39, 0.29) is 12.0 Å². The summed E-state index contributed by atoms with van der Waals surface area (Å²) in [5, 5.41) is 12.4. The van der Waals surface area contributed by atoms with Crippen LogP contribution in [-0.2, 0) is 9.53 Å². The summed E-state index contributed by atoms with van der Waals surface area (Å²) >= 11 is 0. The third-order valence-electron chi connectivity index (χ3n) is 4.13. The number of carboxylic acid groups (broad SMARTS) is 1. The van der Waals surface area contributed by atoms with Gasteiger partial charge in [0.05, 0.1) is 18.1 Å². The largest absolute Gasteiger partial charge is 0.481 e. The van der Waals surface area contributed by atoms with Gasteiger partial charge >= 0.3 is 5.97 Å². The standard InChI is InChI=1S/C11H17NO3/c13-11(14)7-2-3-8(7)12-9-5-6-1-4-10(9)15-6/h6-10,12H,1-5H2,(H,13,14). The van der Waals surface area contributed by atoms with Crippen molar-refractivity contribution in [1.29, 1.82) is 0 Å². The molecule has 5 atom stereocenters. The molecule has 0 aromatic heterocycles. The minimum absolute atomic E-state index is 0.163. The fourth-order valence-electron chi connectivity index (χ4n) is 3.08. The van der Waals surface area contributed by atoms with Crippen molar-refractivity contribution in [2.75, 3.05) is 0 Å². The molecule has 4 nitrogen and oxygen atoms in total. The molecule has 3 fully saturated rings. The second kappa shape index (κ2) is 3.46. The smallest absolute Gasteiger partial charge is 0.308 e. The van der Waals surface area contributed by atoms with Crippen molar-refractivity contribution < 1.29 is 14.6 Å². The van der Waals surface area contributed by atoms with E-state index in [0.29, 0.717) is 18.2 Å². The molecule has 4 heteroatoms. The molecule has 0 spiro atoms. The maximum Gasteiger partial charge on any atom is 0.308 e. The summed E-state index contributed by atoms with van der Waals surface area (Å²) in [4.78, 5) is 10.9. The number of nitrogens with one attached hydrogen (secondary N) is 1. The molecule has 0 radical (unpaired) electrons. The number of hydrogen-bond acceptors (Lipinski definition) is 3. The fourth-order valence-corrected chi connectivity index (χ4v) is 3.08. The lowest BCUT2D eigenvalue weighted by Gasteiger charge is -2.37. The molecular formula is C11H17NO3. The van der Waals surface area contributed by atoms with Gasteiger partial charge in [-0.3, -0.25) is 4.79 Å². The first kappa shape index (κ1) is 9.60.